The number of anilines is 3. The fourth-order valence-electron chi connectivity index (χ4n) is 3.34. The molecule has 0 radical (unpaired) electrons. The van der Waals surface area contributed by atoms with Crippen molar-refractivity contribution >= 4 is 45.9 Å². The SMILES string of the molecule is COc1ccc(Cl)cc1NC(=O)Nc1ccc(-c2ccc3nc(N)ncc3c2)c(C)c1. The third-order valence-corrected chi connectivity index (χ3v) is 5.04. The largest absolute Gasteiger partial charge is 0.495 e. The predicted molar refractivity (Wildman–Crippen MR) is 125 cm³/mol. The van der Waals surface area contributed by atoms with E-state index in [9.17, 15) is 4.79 Å². The first-order chi connectivity index (χ1) is 14.9. The van der Waals surface area contributed by atoms with Gasteiger partial charge in [-0.05, 0) is 66.1 Å². The zero-order valence-corrected chi connectivity index (χ0v) is 17.7. The molecule has 1 heterocycles. The van der Waals surface area contributed by atoms with Crippen molar-refractivity contribution in [3.8, 4) is 16.9 Å². The minimum absolute atomic E-state index is 0.250. The highest BCUT2D eigenvalue weighted by molar-refractivity contribution is 6.31. The second kappa shape index (κ2) is 8.49. The molecule has 7 nitrogen and oxygen atoms in total. The minimum Gasteiger partial charge on any atom is -0.495 e. The van der Waals surface area contributed by atoms with E-state index >= 15 is 0 Å². The first-order valence-corrected chi connectivity index (χ1v) is 9.85. The number of benzene rings is 3. The average Bonchev–Trinajstić information content (AvgIpc) is 2.73. The van der Waals surface area contributed by atoms with Gasteiger partial charge in [0.2, 0.25) is 5.95 Å². The molecule has 4 N–H and O–H groups in total. The molecule has 0 unspecified atom stereocenters. The average molecular weight is 434 g/mol. The van der Waals surface area contributed by atoms with Crippen molar-refractivity contribution in [1.29, 1.82) is 0 Å². The summed E-state index contributed by atoms with van der Waals surface area (Å²) in [6.07, 6.45) is 1.71. The molecular formula is C23H20ClN5O2. The number of nitrogens with two attached hydrogens (primary N) is 1. The van der Waals surface area contributed by atoms with E-state index in [-0.39, 0.29) is 5.95 Å². The van der Waals surface area contributed by atoms with Crippen LogP contribution < -0.4 is 21.1 Å². The van der Waals surface area contributed by atoms with Gasteiger partial charge < -0.3 is 21.1 Å². The molecule has 0 saturated heterocycles. The molecule has 0 aliphatic heterocycles. The van der Waals surface area contributed by atoms with Crippen LogP contribution in [0, 0.1) is 6.92 Å². The van der Waals surface area contributed by atoms with Gasteiger partial charge in [-0.25, -0.2) is 14.8 Å². The number of halogens is 1. The summed E-state index contributed by atoms with van der Waals surface area (Å²) in [6, 6.07) is 16.3. The summed E-state index contributed by atoms with van der Waals surface area (Å²) in [6.45, 7) is 1.99. The fraction of sp³-hybridized carbons (Fsp3) is 0.0870. The van der Waals surface area contributed by atoms with Crippen molar-refractivity contribution in [2.45, 2.75) is 6.92 Å². The molecule has 8 heteroatoms. The maximum Gasteiger partial charge on any atom is 0.323 e. The molecule has 0 aliphatic rings. The van der Waals surface area contributed by atoms with Crippen LogP contribution in [-0.2, 0) is 0 Å². The van der Waals surface area contributed by atoms with Gasteiger partial charge in [0.1, 0.15) is 5.75 Å². The van der Waals surface area contributed by atoms with Gasteiger partial charge in [-0.2, -0.15) is 0 Å². The number of hydrogen-bond acceptors (Lipinski definition) is 5. The van der Waals surface area contributed by atoms with E-state index in [2.05, 4.69) is 20.6 Å². The first-order valence-electron chi connectivity index (χ1n) is 9.48. The highest BCUT2D eigenvalue weighted by Gasteiger charge is 2.10. The van der Waals surface area contributed by atoms with E-state index in [1.54, 1.807) is 24.4 Å². The van der Waals surface area contributed by atoms with Crippen LogP contribution in [0.1, 0.15) is 5.56 Å². The van der Waals surface area contributed by atoms with Crippen molar-refractivity contribution in [1.82, 2.24) is 9.97 Å². The quantitative estimate of drug-likeness (QED) is 0.394. The molecule has 4 aromatic rings. The van der Waals surface area contributed by atoms with Crippen molar-refractivity contribution in [3.05, 3.63) is 71.4 Å². The molecule has 4 rings (SSSR count). The zero-order valence-electron chi connectivity index (χ0n) is 16.9. The lowest BCUT2D eigenvalue weighted by Gasteiger charge is -2.13. The number of nitrogen functional groups attached to an aromatic ring is 1. The van der Waals surface area contributed by atoms with Gasteiger partial charge in [-0.3, -0.25) is 0 Å². The van der Waals surface area contributed by atoms with E-state index in [1.807, 2.05) is 43.3 Å². The Labute approximate surface area is 184 Å². The fourth-order valence-corrected chi connectivity index (χ4v) is 3.52. The predicted octanol–water partition coefficient (Wildman–Crippen LogP) is 5.49. The van der Waals surface area contributed by atoms with Gasteiger partial charge >= 0.3 is 6.03 Å². The van der Waals surface area contributed by atoms with Crippen molar-refractivity contribution in [3.63, 3.8) is 0 Å². The summed E-state index contributed by atoms with van der Waals surface area (Å²) in [7, 11) is 1.53. The zero-order chi connectivity index (χ0) is 22.0. The summed E-state index contributed by atoms with van der Waals surface area (Å²) in [5.74, 6) is 0.772. The lowest BCUT2D eigenvalue weighted by molar-refractivity contribution is 0.262. The molecule has 31 heavy (non-hydrogen) atoms. The maximum atomic E-state index is 12.5. The Morgan fingerprint density at radius 3 is 2.68 bits per heavy atom. The standard InChI is InChI=1S/C23H20ClN5O2/c1-13-9-17(27-23(30)29-20-11-16(24)4-8-21(20)31-2)5-6-18(13)14-3-7-19-15(10-14)12-26-22(25)28-19/h3-12H,1-2H3,(H2,25,26,28)(H2,27,29,30). The number of hydrogen-bond donors (Lipinski definition) is 3. The van der Waals surface area contributed by atoms with Crippen LogP contribution in [0.3, 0.4) is 0 Å². The second-order valence-electron chi connectivity index (χ2n) is 6.96. The summed E-state index contributed by atoms with van der Waals surface area (Å²) in [5, 5.41) is 7.00. The van der Waals surface area contributed by atoms with Crippen molar-refractivity contribution in [2.75, 3.05) is 23.5 Å². The van der Waals surface area contributed by atoms with Gasteiger partial charge in [-0.15, -0.1) is 0 Å². The topological polar surface area (TPSA) is 102 Å². The molecule has 0 fully saturated rings. The normalized spacial score (nSPS) is 10.7. The van der Waals surface area contributed by atoms with Crippen molar-refractivity contribution in [2.24, 2.45) is 0 Å². The van der Waals surface area contributed by atoms with Gasteiger partial charge in [0.05, 0.1) is 18.3 Å². The summed E-state index contributed by atoms with van der Waals surface area (Å²) in [4.78, 5) is 20.7. The Morgan fingerprint density at radius 1 is 1.06 bits per heavy atom. The highest BCUT2D eigenvalue weighted by Crippen LogP contribution is 2.30. The molecule has 3 aromatic carbocycles. The molecule has 156 valence electrons. The molecule has 0 saturated carbocycles. The van der Waals surface area contributed by atoms with Crippen molar-refractivity contribution < 1.29 is 9.53 Å². The third kappa shape index (κ3) is 4.51. The number of carbonyl (C=O) groups excluding carboxylic acids is 1. The van der Waals surface area contributed by atoms with Gasteiger partial charge in [0.25, 0.3) is 0 Å². The third-order valence-electron chi connectivity index (χ3n) is 4.80. The van der Waals surface area contributed by atoms with Crippen LogP contribution in [0.15, 0.2) is 60.8 Å². The van der Waals surface area contributed by atoms with Crippen LogP contribution >= 0.6 is 11.6 Å². The van der Waals surface area contributed by atoms with Crippen LogP contribution in [0.2, 0.25) is 5.02 Å². The molecule has 1 aromatic heterocycles. The number of nitrogens with one attached hydrogen (secondary N) is 2. The number of aromatic nitrogens is 2. The Bertz CT molecular complexity index is 1290. The number of aryl methyl sites for hydroxylation is 1. The smallest absolute Gasteiger partial charge is 0.323 e. The van der Waals surface area contributed by atoms with Gasteiger partial charge in [0.15, 0.2) is 0 Å². The molecule has 2 amide bonds. The number of urea groups is 1. The van der Waals surface area contributed by atoms with Crippen LogP contribution in [0.5, 0.6) is 5.75 Å². The Balaban J connectivity index is 1.53. The highest BCUT2D eigenvalue weighted by atomic mass is 35.5. The van der Waals surface area contributed by atoms with Crippen LogP contribution in [0.25, 0.3) is 22.0 Å². The molecule has 0 spiro atoms. The maximum absolute atomic E-state index is 12.5. The second-order valence-corrected chi connectivity index (χ2v) is 7.39. The Morgan fingerprint density at radius 2 is 1.90 bits per heavy atom. The monoisotopic (exact) mass is 433 g/mol. The van der Waals surface area contributed by atoms with E-state index < -0.39 is 6.03 Å². The molecular weight excluding hydrogens is 414 g/mol. The van der Waals surface area contributed by atoms with Gasteiger partial charge in [-0.1, -0.05) is 23.7 Å². The Kier molecular flexibility index (Phi) is 5.60. The lowest BCUT2D eigenvalue weighted by Crippen LogP contribution is -2.19. The van der Waals surface area contributed by atoms with E-state index in [0.717, 1.165) is 27.6 Å². The number of carbonyl (C=O) groups is 1. The Hall–Kier alpha value is -3.84. The van der Waals surface area contributed by atoms with E-state index in [4.69, 9.17) is 22.1 Å². The molecule has 0 bridgehead atoms. The summed E-state index contributed by atoms with van der Waals surface area (Å²) >= 11 is 6.02. The molecule has 0 atom stereocenters. The van der Waals surface area contributed by atoms with E-state index in [1.165, 1.54) is 7.11 Å². The molecule has 0 aliphatic carbocycles. The van der Waals surface area contributed by atoms with Crippen LogP contribution in [-0.4, -0.2) is 23.1 Å². The number of ether oxygens (including phenoxy) is 1. The number of nitrogens with zero attached hydrogens (tertiary/aromatic N) is 2. The number of fused-ring (bicyclic) bond motifs is 1. The first kappa shape index (κ1) is 20.4. The summed E-state index contributed by atoms with van der Waals surface area (Å²) in [5.41, 5.74) is 10.7. The van der Waals surface area contributed by atoms with Crippen LogP contribution in [0.4, 0.5) is 22.1 Å². The van der Waals surface area contributed by atoms with Gasteiger partial charge in [0, 0.05) is 22.3 Å². The lowest BCUT2D eigenvalue weighted by atomic mass is 9.99. The summed E-state index contributed by atoms with van der Waals surface area (Å²) < 4.78 is 5.26. The number of rotatable bonds is 4. The number of amides is 2. The minimum atomic E-state index is -0.395. The van der Waals surface area contributed by atoms with E-state index in [0.29, 0.717) is 22.1 Å². The number of methoxy groups -OCH3 is 1.